The number of carbonyl (C=O) groups excluding carboxylic acids is 1. The van der Waals surface area contributed by atoms with Gasteiger partial charge in [0.1, 0.15) is 11.7 Å². The summed E-state index contributed by atoms with van der Waals surface area (Å²) in [4.78, 5) is 13.0. The second-order valence-corrected chi connectivity index (χ2v) is 10.3. The van der Waals surface area contributed by atoms with E-state index in [0.29, 0.717) is 5.92 Å². The normalized spacial score (nSPS) is 25.5. The van der Waals surface area contributed by atoms with Crippen LogP contribution in [-0.4, -0.2) is 17.2 Å². The van der Waals surface area contributed by atoms with Crippen molar-refractivity contribution in [2.24, 2.45) is 16.7 Å². The molecule has 0 aromatic heterocycles. The van der Waals surface area contributed by atoms with Crippen molar-refractivity contribution >= 4 is 12.0 Å². The number of aliphatic hydroxyl groups is 1. The Bertz CT molecular complexity index is 1130. The van der Waals surface area contributed by atoms with Crippen molar-refractivity contribution in [3.8, 4) is 0 Å². The number of hydrogen-bond donors (Lipinski definition) is 1. The molecule has 0 heterocycles. The molecule has 3 nitrogen and oxygen atoms in total. The number of benzene rings is 3. The SMILES string of the molecule is CC1(C)C2CCC1(C(O)(c1ccccc1)c1ccccc1)C(OC(=O)/C=C/c1ccccc1)C2. The highest BCUT2D eigenvalue weighted by Gasteiger charge is 2.74. The van der Waals surface area contributed by atoms with Crippen LogP contribution in [0.4, 0.5) is 0 Å². The summed E-state index contributed by atoms with van der Waals surface area (Å²) in [6, 6.07) is 29.5. The van der Waals surface area contributed by atoms with Gasteiger partial charge in [0.15, 0.2) is 0 Å². The lowest BCUT2D eigenvalue weighted by Crippen LogP contribution is -2.57. The molecule has 0 spiro atoms. The van der Waals surface area contributed by atoms with Gasteiger partial charge in [-0.05, 0) is 53.4 Å². The summed E-state index contributed by atoms with van der Waals surface area (Å²) in [5, 5.41) is 12.8. The van der Waals surface area contributed by atoms with Gasteiger partial charge in [-0.25, -0.2) is 4.79 Å². The van der Waals surface area contributed by atoms with Gasteiger partial charge in [0.2, 0.25) is 0 Å². The molecule has 2 fully saturated rings. The van der Waals surface area contributed by atoms with E-state index in [1.54, 1.807) is 6.08 Å². The van der Waals surface area contributed by atoms with Crippen molar-refractivity contribution in [2.75, 3.05) is 0 Å². The summed E-state index contributed by atoms with van der Waals surface area (Å²) in [6.45, 7) is 4.49. The first-order chi connectivity index (χ1) is 16.4. The van der Waals surface area contributed by atoms with Crippen LogP contribution in [-0.2, 0) is 15.1 Å². The maximum Gasteiger partial charge on any atom is 0.331 e. The molecule has 3 aromatic carbocycles. The Morgan fingerprint density at radius 1 is 0.912 bits per heavy atom. The van der Waals surface area contributed by atoms with Crippen molar-refractivity contribution in [1.82, 2.24) is 0 Å². The summed E-state index contributed by atoms with van der Waals surface area (Å²) in [5.41, 5.74) is 0.478. The molecule has 3 atom stereocenters. The van der Waals surface area contributed by atoms with E-state index in [4.69, 9.17) is 4.74 Å². The lowest BCUT2D eigenvalue weighted by molar-refractivity contribution is -0.180. The molecule has 0 radical (unpaired) electrons. The summed E-state index contributed by atoms with van der Waals surface area (Å²) in [7, 11) is 0. The number of carbonyl (C=O) groups is 1. The van der Waals surface area contributed by atoms with Crippen molar-refractivity contribution in [1.29, 1.82) is 0 Å². The first kappa shape index (κ1) is 22.6. The van der Waals surface area contributed by atoms with Crippen LogP contribution in [0, 0.1) is 16.7 Å². The fourth-order valence-corrected chi connectivity index (χ4v) is 6.87. The monoisotopic (exact) mass is 452 g/mol. The fourth-order valence-electron chi connectivity index (χ4n) is 6.87. The molecule has 2 saturated carbocycles. The summed E-state index contributed by atoms with van der Waals surface area (Å²) < 4.78 is 6.21. The van der Waals surface area contributed by atoms with Crippen LogP contribution in [0.1, 0.15) is 49.8 Å². The quantitative estimate of drug-likeness (QED) is 0.349. The molecule has 34 heavy (non-hydrogen) atoms. The molecule has 0 saturated heterocycles. The van der Waals surface area contributed by atoms with Crippen LogP contribution >= 0.6 is 0 Å². The predicted molar refractivity (Wildman–Crippen MR) is 135 cm³/mol. The Morgan fingerprint density at radius 3 is 1.97 bits per heavy atom. The van der Waals surface area contributed by atoms with E-state index in [-0.39, 0.29) is 17.5 Å². The molecule has 174 valence electrons. The van der Waals surface area contributed by atoms with Crippen molar-refractivity contribution in [3.63, 3.8) is 0 Å². The van der Waals surface area contributed by atoms with Gasteiger partial charge in [-0.15, -0.1) is 0 Å². The first-order valence-electron chi connectivity index (χ1n) is 12.2. The summed E-state index contributed by atoms with van der Waals surface area (Å²) in [6.07, 6.45) is 5.48. The van der Waals surface area contributed by atoms with E-state index in [0.717, 1.165) is 36.0 Å². The number of hydrogen-bond acceptors (Lipinski definition) is 3. The van der Waals surface area contributed by atoms with Crippen LogP contribution < -0.4 is 0 Å². The minimum atomic E-state index is -1.29. The molecule has 2 aliphatic carbocycles. The standard InChI is InChI=1S/C31H32O3/c1-29(2)26-20-21-30(29,27(22-26)34-28(32)19-18-23-12-6-3-7-13-23)31(33,24-14-8-4-9-15-24)25-16-10-5-11-17-25/h3-19,26-27,33H,20-22H2,1-2H3/b19-18+. The lowest BCUT2D eigenvalue weighted by Gasteiger charge is -2.53. The van der Waals surface area contributed by atoms with Crippen LogP contribution in [0.3, 0.4) is 0 Å². The van der Waals surface area contributed by atoms with Gasteiger partial charge in [-0.1, -0.05) is 105 Å². The fraction of sp³-hybridized carbons (Fsp3) is 0.323. The summed E-state index contributed by atoms with van der Waals surface area (Å²) in [5.74, 6) is 0.0161. The smallest absolute Gasteiger partial charge is 0.331 e. The lowest BCUT2D eigenvalue weighted by atomic mass is 9.54. The molecular weight excluding hydrogens is 420 g/mol. The average Bonchev–Trinajstić information content (AvgIpc) is 3.26. The van der Waals surface area contributed by atoms with Crippen molar-refractivity contribution in [3.05, 3.63) is 114 Å². The van der Waals surface area contributed by atoms with Crippen molar-refractivity contribution < 1.29 is 14.6 Å². The zero-order valence-electron chi connectivity index (χ0n) is 19.9. The van der Waals surface area contributed by atoms with E-state index in [1.165, 1.54) is 6.08 Å². The van der Waals surface area contributed by atoms with Gasteiger partial charge < -0.3 is 9.84 Å². The van der Waals surface area contributed by atoms with E-state index in [2.05, 4.69) is 13.8 Å². The third-order valence-electron chi connectivity index (χ3n) is 8.60. The van der Waals surface area contributed by atoms with Gasteiger partial charge >= 0.3 is 5.97 Å². The van der Waals surface area contributed by atoms with Gasteiger partial charge in [-0.2, -0.15) is 0 Å². The summed E-state index contributed by atoms with van der Waals surface area (Å²) >= 11 is 0. The molecule has 1 N–H and O–H groups in total. The van der Waals surface area contributed by atoms with Gasteiger partial charge in [0.25, 0.3) is 0 Å². The predicted octanol–water partition coefficient (Wildman–Crippen LogP) is 6.37. The Morgan fingerprint density at radius 2 is 1.44 bits per heavy atom. The van der Waals surface area contributed by atoms with E-state index < -0.39 is 11.0 Å². The molecule has 2 bridgehead atoms. The molecule has 0 amide bonds. The highest BCUT2D eigenvalue weighted by Crippen LogP contribution is 2.73. The van der Waals surface area contributed by atoms with E-state index in [9.17, 15) is 9.90 Å². The van der Waals surface area contributed by atoms with Gasteiger partial charge in [0, 0.05) is 11.5 Å². The topological polar surface area (TPSA) is 46.5 Å². The minimum Gasteiger partial charge on any atom is -0.458 e. The second kappa shape index (κ2) is 8.56. The Hall–Kier alpha value is -3.17. The first-order valence-corrected chi connectivity index (χ1v) is 12.2. The zero-order valence-corrected chi connectivity index (χ0v) is 19.9. The van der Waals surface area contributed by atoms with Crippen LogP contribution in [0.15, 0.2) is 97.1 Å². The molecule has 3 unspecified atom stereocenters. The molecule has 3 aromatic rings. The molecule has 3 heteroatoms. The largest absolute Gasteiger partial charge is 0.458 e. The molecule has 2 aliphatic rings. The zero-order chi connectivity index (χ0) is 23.8. The molecular formula is C31H32O3. The highest BCUT2D eigenvalue weighted by molar-refractivity contribution is 5.87. The number of ether oxygens (including phenoxy) is 1. The number of esters is 1. The van der Waals surface area contributed by atoms with Crippen LogP contribution in [0.2, 0.25) is 0 Å². The maximum atomic E-state index is 13.0. The van der Waals surface area contributed by atoms with Crippen molar-refractivity contribution in [2.45, 2.75) is 44.8 Å². The van der Waals surface area contributed by atoms with E-state index >= 15 is 0 Å². The minimum absolute atomic E-state index is 0.221. The Kier molecular flexibility index (Phi) is 5.69. The average molecular weight is 453 g/mol. The number of rotatable bonds is 6. The molecule has 0 aliphatic heterocycles. The third kappa shape index (κ3) is 3.33. The maximum absolute atomic E-state index is 13.0. The highest BCUT2D eigenvalue weighted by atomic mass is 16.5. The Balaban J connectivity index is 1.58. The molecule has 5 rings (SSSR count). The van der Waals surface area contributed by atoms with E-state index in [1.807, 2.05) is 91.0 Å². The Labute approximate surface area is 202 Å². The van der Waals surface area contributed by atoms with Crippen LogP contribution in [0.25, 0.3) is 6.08 Å². The third-order valence-corrected chi connectivity index (χ3v) is 8.60. The van der Waals surface area contributed by atoms with Gasteiger partial charge in [0.05, 0.1) is 0 Å². The second-order valence-electron chi connectivity index (χ2n) is 10.3. The number of fused-ring (bicyclic) bond motifs is 2. The van der Waals surface area contributed by atoms with Gasteiger partial charge in [-0.3, -0.25) is 0 Å². The van der Waals surface area contributed by atoms with Crippen LogP contribution in [0.5, 0.6) is 0 Å².